The van der Waals surface area contributed by atoms with Crippen molar-refractivity contribution in [3.63, 3.8) is 0 Å². The molecular weight excluding hydrogens is 240 g/mol. The third-order valence-electron chi connectivity index (χ3n) is 3.49. The second kappa shape index (κ2) is 5.14. The van der Waals surface area contributed by atoms with E-state index in [0.29, 0.717) is 19.4 Å². The van der Waals surface area contributed by atoms with E-state index in [4.69, 9.17) is 9.47 Å². The molecule has 1 fully saturated rings. The summed E-state index contributed by atoms with van der Waals surface area (Å²) < 4.78 is 11.3. The molecular formula is C16H24O3. The van der Waals surface area contributed by atoms with E-state index in [1.54, 1.807) is 0 Å². The molecule has 19 heavy (non-hydrogen) atoms. The van der Waals surface area contributed by atoms with Gasteiger partial charge in [-0.05, 0) is 45.4 Å². The van der Waals surface area contributed by atoms with Crippen molar-refractivity contribution in [2.75, 3.05) is 6.61 Å². The number of aliphatic hydroxyl groups is 1. The highest BCUT2D eigenvalue weighted by molar-refractivity contribution is 5.31. The third kappa shape index (κ3) is 3.48. The monoisotopic (exact) mass is 264 g/mol. The van der Waals surface area contributed by atoms with Gasteiger partial charge in [0.2, 0.25) is 0 Å². The molecule has 1 atom stereocenters. The van der Waals surface area contributed by atoms with Crippen LogP contribution in [0.15, 0.2) is 24.3 Å². The Bertz CT molecular complexity index is 422. The lowest BCUT2D eigenvalue weighted by Crippen LogP contribution is -2.43. The molecule has 0 spiro atoms. The predicted molar refractivity (Wildman–Crippen MR) is 75.4 cm³/mol. The first kappa shape index (κ1) is 14.4. The molecule has 1 aromatic carbocycles. The molecule has 1 aliphatic heterocycles. The Balaban J connectivity index is 2.16. The number of hydrogen-bond acceptors (Lipinski definition) is 3. The SMILES string of the molecule is CC(C)Oc1ccc(C2(O)CCOC(C)(C)C2)cc1. The van der Waals surface area contributed by atoms with Crippen LogP contribution in [0.2, 0.25) is 0 Å². The van der Waals surface area contributed by atoms with Crippen molar-refractivity contribution in [2.45, 2.75) is 57.8 Å². The Morgan fingerprint density at radius 2 is 1.84 bits per heavy atom. The fraction of sp³-hybridized carbons (Fsp3) is 0.625. The maximum absolute atomic E-state index is 10.8. The molecule has 3 heteroatoms. The Labute approximate surface area is 115 Å². The molecule has 1 saturated heterocycles. The van der Waals surface area contributed by atoms with E-state index in [9.17, 15) is 5.11 Å². The summed E-state index contributed by atoms with van der Waals surface area (Å²) in [6.45, 7) is 8.64. The minimum Gasteiger partial charge on any atom is -0.491 e. The van der Waals surface area contributed by atoms with Crippen molar-refractivity contribution in [1.29, 1.82) is 0 Å². The molecule has 1 aromatic rings. The first-order chi connectivity index (χ1) is 8.81. The molecule has 1 unspecified atom stereocenters. The number of hydrogen-bond donors (Lipinski definition) is 1. The topological polar surface area (TPSA) is 38.7 Å². The number of ether oxygens (including phenoxy) is 2. The van der Waals surface area contributed by atoms with Gasteiger partial charge in [0.1, 0.15) is 5.75 Å². The lowest BCUT2D eigenvalue weighted by molar-refractivity contribution is -0.148. The normalized spacial score (nSPS) is 26.4. The van der Waals surface area contributed by atoms with Crippen LogP contribution in [0.1, 0.15) is 46.1 Å². The van der Waals surface area contributed by atoms with Gasteiger partial charge in [0.25, 0.3) is 0 Å². The highest BCUT2D eigenvalue weighted by Gasteiger charge is 2.40. The van der Waals surface area contributed by atoms with Gasteiger partial charge in [0.15, 0.2) is 0 Å². The molecule has 1 heterocycles. The van der Waals surface area contributed by atoms with Crippen molar-refractivity contribution in [3.05, 3.63) is 29.8 Å². The molecule has 0 aliphatic carbocycles. The predicted octanol–water partition coefficient (Wildman–Crippen LogP) is 3.25. The van der Waals surface area contributed by atoms with Crippen molar-refractivity contribution >= 4 is 0 Å². The minimum atomic E-state index is -0.794. The number of benzene rings is 1. The van der Waals surface area contributed by atoms with Gasteiger partial charge < -0.3 is 14.6 Å². The fourth-order valence-electron chi connectivity index (χ4n) is 2.70. The van der Waals surface area contributed by atoms with Crippen LogP contribution in [0.4, 0.5) is 0 Å². The lowest BCUT2D eigenvalue weighted by Gasteiger charge is -2.41. The summed E-state index contributed by atoms with van der Waals surface area (Å²) in [5.74, 6) is 0.841. The zero-order chi connectivity index (χ0) is 14.1. The van der Waals surface area contributed by atoms with Gasteiger partial charge >= 0.3 is 0 Å². The number of rotatable bonds is 3. The summed E-state index contributed by atoms with van der Waals surface area (Å²) >= 11 is 0. The van der Waals surface area contributed by atoms with Gasteiger partial charge in [-0.2, -0.15) is 0 Å². The summed E-state index contributed by atoms with van der Waals surface area (Å²) in [7, 11) is 0. The maximum atomic E-state index is 10.8. The largest absolute Gasteiger partial charge is 0.491 e. The van der Waals surface area contributed by atoms with Crippen molar-refractivity contribution < 1.29 is 14.6 Å². The van der Waals surface area contributed by atoms with E-state index in [1.165, 1.54) is 0 Å². The van der Waals surface area contributed by atoms with Crippen LogP contribution >= 0.6 is 0 Å². The summed E-state index contributed by atoms with van der Waals surface area (Å²) in [4.78, 5) is 0. The molecule has 2 rings (SSSR count). The van der Waals surface area contributed by atoms with Gasteiger partial charge in [-0.25, -0.2) is 0 Å². The standard InChI is InChI=1S/C16H24O3/c1-12(2)19-14-7-5-13(6-8-14)16(17)9-10-18-15(3,4)11-16/h5-8,12,17H,9-11H2,1-4H3. The molecule has 0 saturated carbocycles. The molecule has 0 radical (unpaired) electrons. The van der Waals surface area contributed by atoms with Crippen LogP contribution in [0.5, 0.6) is 5.75 Å². The molecule has 0 bridgehead atoms. The van der Waals surface area contributed by atoms with E-state index in [-0.39, 0.29) is 11.7 Å². The maximum Gasteiger partial charge on any atom is 0.119 e. The van der Waals surface area contributed by atoms with Crippen LogP contribution in [-0.4, -0.2) is 23.4 Å². The van der Waals surface area contributed by atoms with Gasteiger partial charge in [-0.3, -0.25) is 0 Å². The average Bonchev–Trinajstić information content (AvgIpc) is 2.27. The highest BCUT2D eigenvalue weighted by atomic mass is 16.5. The average molecular weight is 264 g/mol. The van der Waals surface area contributed by atoms with Gasteiger partial charge in [-0.15, -0.1) is 0 Å². The Hall–Kier alpha value is -1.06. The van der Waals surface area contributed by atoms with Crippen LogP contribution < -0.4 is 4.74 Å². The zero-order valence-corrected chi connectivity index (χ0v) is 12.3. The first-order valence-corrected chi connectivity index (χ1v) is 6.94. The Morgan fingerprint density at radius 1 is 1.21 bits per heavy atom. The van der Waals surface area contributed by atoms with Crippen LogP contribution in [0.25, 0.3) is 0 Å². The van der Waals surface area contributed by atoms with Crippen LogP contribution in [0, 0.1) is 0 Å². The Morgan fingerprint density at radius 3 is 2.37 bits per heavy atom. The molecule has 106 valence electrons. The molecule has 3 nitrogen and oxygen atoms in total. The second-order valence-corrected chi connectivity index (χ2v) is 6.26. The second-order valence-electron chi connectivity index (χ2n) is 6.26. The fourth-order valence-corrected chi connectivity index (χ4v) is 2.70. The molecule has 1 N–H and O–H groups in total. The molecule has 0 aromatic heterocycles. The van der Waals surface area contributed by atoms with Gasteiger partial charge in [-0.1, -0.05) is 12.1 Å². The van der Waals surface area contributed by atoms with E-state index >= 15 is 0 Å². The summed E-state index contributed by atoms with van der Waals surface area (Å²) in [6, 6.07) is 7.77. The van der Waals surface area contributed by atoms with Crippen LogP contribution in [-0.2, 0) is 10.3 Å². The van der Waals surface area contributed by atoms with Crippen molar-refractivity contribution in [2.24, 2.45) is 0 Å². The lowest BCUT2D eigenvalue weighted by atomic mass is 9.79. The Kier molecular flexibility index (Phi) is 3.88. The van der Waals surface area contributed by atoms with Crippen molar-refractivity contribution in [3.8, 4) is 5.75 Å². The smallest absolute Gasteiger partial charge is 0.119 e. The molecule has 1 aliphatic rings. The minimum absolute atomic E-state index is 0.163. The zero-order valence-electron chi connectivity index (χ0n) is 12.3. The van der Waals surface area contributed by atoms with Gasteiger partial charge in [0.05, 0.1) is 23.9 Å². The molecule has 0 amide bonds. The summed E-state index contributed by atoms with van der Waals surface area (Å²) in [5.41, 5.74) is -0.127. The van der Waals surface area contributed by atoms with E-state index < -0.39 is 5.60 Å². The van der Waals surface area contributed by atoms with Gasteiger partial charge in [0, 0.05) is 12.8 Å². The summed E-state index contributed by atoms with van der Waals surface area (Å²) in [5, 5.41) is 10.8. The van der Waals surface area contributed by atoms with E-state index in [2.05, 4.69) is 0 Å². The van der Waals surface area contributed by atoms with Crippen LogP contribution in [0.3, 0.4) is 0 Å². The first-order valence-electron chi connectivity index (χ1n) is 6.94. The quantitative estimate of drug-likeness (QED) is 0.910. The van der Waals surface area contributed by atoms with E-state index in [0.717, 1.165) is 11.3 Å². The van der Waals surface area contributed by atoms with Crippen molar-refractivity contribution in [1.82, 2.24) is 0 Å². The van der Waals surface area contributed by atoms with E-state index in [1.807, 2.05) is 52.0 Å². The third-order valence-corrected chi connectivity index (χ3v) is 3.49. The highest BCUT2D eigenvalue weighted by Crippen LogP contribution is 2.39. The summed E-state index contributed by atoms with van der Waals surface area (Å²) in [6.07, 6.45) is 1.42.